The highest BCUT2D eigenvalue weighted by atomic mass is 35.5. The molecule has 3 atom stereocenters. The molecule has 0 radical (unpaired) electrons. The lowest BCUT2D eigenvalue weighted by atomic mass is 9.78. The van der Waals surface area contributed by atoms with Gasteiger partial charge >= 0.3 is 0 Å². The van der Waals surface area contributed by atoms with E-state index >= 15 is 0 Å². The number of benzene rings is 2. The summed E-state index contributed by atoms with van der Waals surface area (Å²) in [6.07, 6.45) is 2.75. The molecule has 1 aliphatic rings. The molecule has 30 heavy (non-hydrogen) atoms. The van der Waals surface area contributed by atoms with E-state index in [-0.39, 0.29) is 27.6 Å². The predicted octanol–water partition coefficient (Wildman–Crippen LogP) is 5.49. The average molecular weight is 473 g/mol. The lowest BCUT2D eigenvalue weighted by Crippen LogP contribution is -2.43. The van der Waals surface area contributed by atoms with Gasteiger partial charge in [0.15, 0.2) is 0 Å². The molecule has 2 N–H and O–H groups in total. The summed E-state index contributed by atoms with van der Waals surface area (Å²) >= 11 is 11.9. The van der Waals surface area contributed by atoms with Crippen LogP contribution < -0.4 is 10.0 Å². The summed E-state index contributed by atoms with van der Waals surface area (Å²) in [5.74, 6) is -1.06. The minimum Gasteiger partial charge on any atom is -0.321 e. The number of nitrogens with one attached hydrogen (secondary N) is 2. The lowest BCUT2D eigenvalue weighted by Gasteiger charge is -2.34. The maximum Gasteiger partial charge on any atom is 0.258 e. The van der Waals surface area contributed by atoms with Crippen molar-refractivity contribution in [2.24, 2.45) is 11.8 Å². The Morgan fingerprint density at radius 1 is 1.10 bits per heavy atom. The zero-order valence-corrected chi connectivity index (χ0v) is 18.9. The summed E-state index contributed by atoms with van der Waals surface area (Å²) < 4.78 is 42.8. The number of anilines is 1. The van der Waals surface area contributed by atoms with Crippen molar-refractivity contribution >= 4 is 44.8 Å². The van der Waals surface area contributed by atoms with Gasteiger partial charge in [0.05, 0.1) is 21.2 Å². The van der Waals surface area contributed by atoms with E-state index in [2.05, 4.69) is 17.0 Å². The quantitative estimate of drug-likeness (QED) is 0.603. The highest BCUT2D eigenvalue weighted by molar-refractivity contribution is 7.89. The van der Waals surface area contributed by atoms with E-state index in [1.165, 1.54) is 18.2 Å². The topological polar surface area (TPSA) is 75.3 Å². The normalized spacial score (nSPS) is 22.0. The Kier molecular flexibility index (Phi) is 7.07. The number of hydrogen-bond donors (Lipinski definition) is 2. The van der Waals surface area contributed by atoms with Crippen molar-refractivity contribution in [1.29, 1.82) is 0 Å². The second kappa shape index (κ2) is 9.22. The largest absolute Gasteiger partial charge is 0.321 e. The maximum absolute atomic E-state index is 14.3. The van der Waals surface area contributed by atoms with Crippen LogP contribution in [-0.2, 0) is 10.0 Å². The van der Waals surface area contributed by atoms with Crippen LogP contribution in [0.25, 0.3) is 0 Å². The molecule has 0 aliphatic heterocycles. The van der Waals surface area contributed by atoms with Crippen LogP contribution in [0.4, 0.5) is 10.1 Å². The summed E-state index contributed by atoms with van der Waals surface area (Å²) in [7, 11) is -3.92. The zero-order chi connectivity index (χ0) is 22.1. The molecule has 5 nitrogen and oxygen atoms in total. The molecule has 1 aliphatic carbocycles. The van der Waals surface area contributed by atoms with Crippen molar-refractivity contribution in [3.63, 3.8) is 0 Å². The fourth-order valence-electron chi connectivity index (χ4n) is 3.64. The summed E-state index contributed by atoms with van der Waals surface area (Å²) in [5, 5.41) is 3.05. The fraction of sp³-hybridized carbons (Fsp3) is 0.381. The molecular weight excluding hydrogens is 450 g/mol. The summed E-state index contributed by atoms with van der Waals surface area (Å²) in [6, 6.07) is 7.40. The van der Waals surface area contributed by atoms with Gasteiger partial charge in [-0.1, -0.05) is 49.9 Å². The molecule has 0 heterocycles. The van der Waals surface area contributed by atoms with Crippen LogP contribution in [0.3, 0.4) is 0 Å². The Morgan fingerprint density at radius 2 is 1.83 bits per heavy atom. The highest BCUT2D eigenvalue weighted by Gasteiger charge is 2.31. The van der Waals surface area contributed by atoms with Crippen LogP contribution in [0, 0.1) is 17.7 Å². The third-order valence-corrected chi connectivity index (χ3v) is 7.72. The molecule has 0 spiro atoms. The van der Waals surface area contributed by atoms with Gasteiger partial charge in [-0.05, 0) is 54.7 Å². The average Bonchev–Trinajstić information content (AvgIpc) is 2.67. The standard InChI is InChI=1S/C21H23Cl2FN2O3S/c1-12-4-3-5-19(13(12)2)26-30(28,29)15-7-8-18(24)16(11-15)21(27)25-20-9-6-14(22)10-17(20)23/h6-13,19,26H,3-5H2,1-2H3,(H,25,27)/t12-,13-,19-/m1/s1. The first-order valence-corrected chi connectivity index (χ1v) is 11.9. The van der Waals surface area contributed by atoms with Crippen molar-refractivity contribution in [3.8, 4) is 0 Å². The van der Waals surface area contributed by atoms with Gasteiger partial charge in [0.25, 0.3) is 5.91 Å². The van der Waals surface area contributed by atoms with Gasteiger partial charge in [0, 0.05) is 11.1 Å². The summed E-state index contributed by atoms with van der Waals surface area (Å²) in [6.45, 7) is 4.13. The summed E-state index contributed by atoms with van der Waals surface area (Å²) in [4.78, 5) is 12.4. The van der Waals surface area contributed by atoms with E-state index in [0.29, 0.717) is 10.9 Å². The Labute approximate surface area is 186 Å². The molecule has 0 unspecified atom stereocenters. The van der Waals surface area contributed by atoms with Gasteiger partial charge in [-0.2, -0.15) is 0 Å². The van der Waals surface area contributed by atoms with E-state index in [4.69, 9.17) is 23.2 Å². The first kappa shape index (κ1) is 23.0. The molecule has 1 fully saturated rings. The lowest BCUT2D eigenvalue weighted by molar-refractivity contribution is 0.102. The molecule has 0 aromatic heterocycles. The first-order chi connectivity index (χ1) is 14.1. The molecule has 1 amide bonds. The maximum atomic E-state index is 14.3. The molecule has 1 saturated carbocycles. The third kappa shape index (κ3) is 5.14. The van der Waals surface area contributed by atoms with Crippen LogP contribution in [0.5, 0.6) is 0 Å². The molecule has 0 saturated heterocycles. The van der Waals surface area contributed by atoms with Crippen molar-refractivity contribution in [3.05, 3.63) is 57.8 Å². The van der Waals surface area contributed by atoms with Gasteiger partial charge in [-0.15, -0.1) is 0 Å². The number of rotatable bonds is 5. The van der Waals surface area contributed by atoms with Crippen LogP contribution in [0.15, 0.2) is 41.3 Å². The minimum absolute atomic E-state index is 0.165. The van der Waals surface area contributed by atoms with Crippen LogP contribution in [0.1, 0.15) is 43.5 Å². The Bertz CT molecular complexity index is 1060. The number of halogens is 3. The molecule has 2 aromatic rings. The van der Waals surface area contributed by atoms with Crippen molar-refractivity contribution in [2.45, 2.75) is 44.0 Å². The highest BCUT2D eigenvalue weighted by Crippen LogP contribution is 2.31. The first-order valence-electron chi connectivity index (χ1n) is 9.67. The van der Waals surface area contributed by atoms with E-state index in [1.807, 2.05) is 6.92 Å². The van der Waals surface area contributed by atoms with Gasteiger partial charge in [-0.3, -0.25) is 4.79 Å². The molecule has 0 bridgehead atoms. The SMILES string of the molecule is C[C@@H]1[C@H](C)CCC[C@H]1NS(=O)(=O)c1ccc(F)c(C(=O)Nc2ccc(Cl)cc2Cl)c1. The van der Waals surface area contributed by atoms with E-state index < -0.39 is 27.3 Å². The van der Waals surface area contributed by atoms with Gasteiger partial charge in [0.2, 0.25) is 10.0 Å². The molecule has 3 rings (SSSR count). The van der Waals surface area contributed by atoms with E-state index in [0.717, 1.165) is 37.5 Å². The van der Waals surface area contributed by atoms with Crippen molar-refractivity contribution < 1.29 is 17.6 Å². The molecule has 2 aromatic carbocycles. The summed E-state index contributed by atoms with van der Waals surface area (Å²) in [5.41, 5.74) is -0.157. The number of sulfonamides is 1. The third-order valence-electron chi connectivity index (χ3n) is 5.69. The Balaban J connectivity index is 1.84. The number of carbonyl (C=O) groups is 1. The van der Waals surface area contributed by atoms with E-state index in [1.54, 1.807) is 0 Å². The molecule has 162 valence electrons. The zero-order valence-electron chi connectivity index (χ0n) is 16.6. The van der Waals surface area contributed by atoms with Gasteiger partial charge < -0.3 is 5.32 Å². The molecule has 9 heteroatoms. The number of hydrogen-bond acceptors (Lipinski definition) is 3. The number of carbonyl (C=O) groups excluding carboxylic acids is 1. The van der Waals surface area contributed by atoms with Gasteiger partial charge in [-0.25, -0.2) is 17.5 Å². The fourth-order valence-corrected chi connectivity index (χ4v) is 5.48. The number of amides is 1. The molecular formula is C21H23Cl2FN2O3S. The second-order valence-electron chi connectivity index (χ2n) is 7.72. The van der Waals surface area contributed by atoms with Crippen LogP contribution in [-0.4, -0.2) is 20.4 Å². The van der Waals surface area contributed by atoms with Crippen LogP contribution >= 0.6 is 23.2 Å². The minimum atomic E-state index is -3.92. The van der Waals surface area contributed by atoms with Crippen molar-refractivity contribution in [2.75, 3.05) is 5.32 Å². The van der Waals surface area contributed by atoms with Crippen LogP contribution in [0.2, 0.25) is 10.0 Å². The predicted molar refractivity (Wildman–Crippen MR) is 117 cm³/mol. The Hall–Kier alpha value is -1.67. The monoisotopic (exact) mass is 472 g/mol. The second-order valence-corrected chi connectivity index (χ2v) is 10.3. The Morgan fingerprint density at radius 3 is 2.53 bits per heavy atom. The van der Waals surface area contributed by atoms with Gasteiger partial charge in [0.1, 0.15) is 5.82 Å². The van der Waals surface area contributed by atoms with E-state index in [9.17, 15) is 17.6 Å². The smallest absolute Gasteiger partial charge is 0.258 e. The van der Waals surface area contributed by atoms with Crippen molar-refractivity contribution in [1.82, 2.24) is 4.72 Å².